The van der Waals surface area contributed by atoms with Crippen LogP contribution < -0.4 is 10.6 Å². The lowest BCUT2D eigenvalue weighted by molar-refractivity contribution is 0.0948. The van der Waals surface area contributed by atoms with E-state index in [1.807, 2.05) is 24.3 Å². The summed E-state index contributed by atoms with van der Waals surface area (Å²) < 4.78 is 5.05. The van der Waals surface area contributed by atoms with Crippen molar-refractivity contribution in [3.05, 3.63) is 50.9 Å². The lowest BCUT2D eigenvalue weighted by Crippen LogP contribution is -2.27. The molecule has 0 saturated heterocycles. The van der Waals surface area contributed by atoms with Crippen LogP contribution in [0.3, 0.4) is 0 Å². The van der Waals surface area contributed by atoms with Gasteiger partial charge in [0.05, 0.1) is 5.56 Å². The number of aryl methyl sites for hydroxylation is 1. The van der Waals surface area contributed by atoms with Gasteiger partial charge < -0.3 is 15.4 Å². The van der Waals surface area contributed by atoms with Crippen molar-refractivity contribution in [3.63, 3.8) is 0 Å². The van der Waals surface area contributed by atoms with Crippen molar-refractivity contribution in [2.24, 2.45) is 0 Å². The van der Waals surface area contributed by atoms with Gasteiger partial charge in [0.15, 0.2) is 0 Å². The monoisotopic (exact) mass is 392 g/mol. The van der Waals surface area contributed by atoms with Crippen molar-refractivity contribution in [2.75, 3.05) is 25.6 Å². The van der Waals surface area contributed by atoms with Crippen LogP contribution in [0, 0.1) is 0 Å². The third-order valence-electron chi connectivity index (χ3n) is 4.61. The number of rotatable bonds is 8. The quantitative estimate of drug-likeness (QED) is 0.642. The zero-order valence-electron chi connectivity index (χ0n) is 15.1. The van der Waals surface area contributed by atoms with Crippen LogP contribution in [0.1, 0.15) is 45.6 Å². The Morgan fingerprint density at radius 3 is 2.88 bits per heavy atom. The number of hydrogen-bond donors (Lipinski definition) is 2. The first-order valence-electron chi connectivity index (χ1n) is 9.09. The number of benzene rings is 1. The lowest BCUT2D eigenvalue weighted by atomic mass is 9.95. The van der Waals surface area contributed by atoms with Crippen LogP contribution in [0.5, 0.6) is 0 Å². The van der Waals surface area contributed by atoms with Crippen molar-refractivity contribution in [3.8, 4) is 0 Å². The molecule has 0 aliphatic heterocycles. The second kappa shape index (κ2) is 9.40. The molecule has 0 saturated carbocycles. The number of halogens is 1. The molecule has 1 aromatic heterocycles. The Morgan fingerprint density at radius 1 is 1.27 bits per heavy atom. The fourth-order valence-electron chi connectivity index (χ4n) is 3.25. The molecule has 1 aromatic carbocycles. The number of ether oxygens (including phenoxy) is 1. The van der Waals surface area contributed by atoms with Gasteiger partial charge >= 0.3 is 0 Å². The molecule has 140 valence electrons. The average Bonchev–Trinajstić information content (AvgIpc) is 3.03. The molecule has 4 nitrogen and oxygen atoms in total. The van der Waals surface area contributed by atoms with Gasteiger partial charge in [-0.1, -0.05) is 29.8 Å². The van der Waals surface area contributed by atoms with Crippen molar-refractivity contribution < 1.29 is 9.53 Å². The molecule has 0 atom stereocenters. The predicted octanol–water partition coefficient (Wildman–Crippen LogP) is 4.66. The molecule has 6 heteroatoms. The van der Waals surface area contributed by atoms with Crippen LogP contribution in [0.15, 0.2) is 24.3 Å². The Hall–Kier alpha value is -1.56. The highest BCUT2D eigenvalue weighted by molar-refractivity contribution is 7.16. The summed E-state index contributed by atoms with van der Waals surface area (Å²) in [5.74, 6) is 0.0159. The number of fused-ring (bicyclic) bond motifs is 1. The van der Waals surface area contributed by atoms with Gasteiger partial charge in [0.1, 0.15) is 5.00 Å². The van der Waals surface area contributed by atoms with Gasteiger partial charge in [-0.2, -0.15) is 0 Å². The molecular weight excluding hydrogens is 368 g/mol. The molecule has 0 radical (unpaired) electrons. The predicted molar refractivity (Wildman–Crippen MR) is 109 cm³/mol. The first kappa shape index (κ1) is 19.2. The van der Waals surface area contributed by atoms with E-state index in [1.165, 1.54) is 16.9 Å². The van der Waals surface area contributed by atoms with Crippen LogP contribution in [0.2, 0.25) is 5.02 Å². The number of carbonyl (C=O) groups is 1. The van der Waals surface area contributed by atoms with Crippen LogP contribution in [0.4, 0.5) is 5.00 Å². The normalized spacial score (nSPS) is 13.3. The van der Waals surface area contributed by atoms with E-state index in [0.717, 1.165) is 46.8 Å². The fourth-order valence-corrected chi connectivity index (χ4v) is 4.74. The van der Waals surface area contributed by atoms with Gasteiger partial charge in [-0.3, -0.25) is 4.79 Å². The number of anilines is 1. The Kier molecular flexibility index (Phi) is 6.94. The third-order valence-corrected chi connectivity index (χ3v) is 6.22. The van der Waals surface area contributed by atoms with Gasteiger partial charge in [-0.25, -0.2) is 0 Å². The van der Waals surface area contributed by atoms with Crippen molar-refractivity contribution in [1.82, 2.24) is 5.32 Å². The Balaban J connectivity index is 1.76. The molecule has 0 fully saturated rings. The number of amides is 1. The molecular formula is C20H25ClN2O2S. The maximum Gasteiger partial charge on any atom is 0.254 e. The zero-order chi connectivity index (χ0) is 18.4. The Morgan fingerprint density at radius 2 is 2.08 bits per heavy atom. The smallest absolute Gasteiger partial charge is 0.254 e. The van der Waals surface area contributed by atoms with Crippen LogP contribution in [-0.4, -0.2) is 26.2 Å². The number of thiophene rings is 1. The van der Waals surface area contributed by atoms with E-state index in [2.05, 4.69) is 10.6 Å². The molecule has 0 spiro atoms. The maximum absolute atomic E-state index is 12.8. The molecule has 1 heterocycles. The largest absolute Gasteiger partial charge is 0.385 e. The summed E-state index contributed by atoms with van der Waals surface area (Å²) in [4.78, 5) is 14.2. The summed E-state index contributed by atoms with van der Waals surface area (Å²) in [5.41, 5.74) is 3.09. The standard InChI is InChI=1S/C20H25ClN2O2S/c1-25-12-6-11-22-19(24)18-15-8-3-5-10-17(15)26-20(18)23-13-14-7-2-4-9-16(14)21/h2,4,7,9,23H,3,5-6,8,10-13H2,1H3,(H,22,24). The van der Waals surface area contributed by atoms with Gasteiger partial charge in [0, 0.05) is 36.7 Å². The summed E-state index contributed by atoms with van der Waals surface area (Å²) in [6, 6.07) is 7.80. The first-order valence-corrected chi connectivity index (χ1v) is 10.3. The Bertz CT molecular complexity index is 760. The molecule has 0 unspecified atom stereocenters. The fraction of sp³-hybridized carbons (Fsp3) is 0.450. The highest BCUT2D eigenvalue weighted by Crippen LogP contribution is 2.38. The van der Waals surface area contributed by atoms with Gasteiger partial charge in [-0.15, -0.1) is 11.3 Å². The van der Waals surface area contributed by atoms with E-state index in [4.69, 9.17) is 16.3 Å². The minimum atomic E-state index is 0.0159. The van der Waals surface area contributed by atoms with Crippen molar-refractivity contribution >= 4 is 33.8 Å². The average molecular weight is 393 g/mol. The summed E-state index contributed by atoms with van der Waals surface area (Å²) in [5, 5.41) is 8.20. The van der Waals surface area contributed by atoms with E-state index >= 15 is 0 Å². The molecule has 3 rings (SSSR count). The SMILES string of the molecule is COCCCNC(=O)c1c(NCc2ccccc2Cl)sc2c1CCCC2. The topological polar surface area (TPSA) is 50.4 Å². The molecule has 1 aliphatic rings. The van der Waals surface area contributed by atoms with Gasteiger partial charge in [0.2, 0.25) is 0 Å². The molecule has 1 aliphatic carbocycles. The molecule has 26 heavy (non-hydrogen) atoms. The summed E-state index contributed by atoms with van der Waals surface area (Å²) in [7, 11) is 1.67. The van der Waals surface area contributed by atoms with E-state index in [9.17, 15) is 4.79 Å². The molecule has 2 aromatic rings. The number of hydrogen-bond acceptors (Lipinski definition) is 4. The Labute approximate surface area is 163 Å². The van der Waals surface area contributed by atoms with E-state index in [1.54, 1.807) is 18.4 Å². The summed E-state index contributed by atoms with van der Waals surface area (Å²) in [6.45, 7) is 1.89. The third kappa shape index (κ3) is 4.58. The highest BCUT2D eigenvalue weighted by atomic mass is 35.5. The second-order valence-corrected chi connectivity index (χ2v) is 7.97. The molecule has 1 amide bonds. The van der Waals surface area contributed by atoms with Gasteiger partial charge in [-0.05, 0) is 49.3 Å². The minimum Gasteiger partial charge on any atom is -0.385 e. The number of carbonyl (C=O) groups excluding carboxylic acids is 1. The van der Waals surface area contributed by atoms with Crippen LogP contribution >= 0.6 is 22.9 Å². The molecule has 0 bridgehead atoms. The maximum atomic E-state index is 12.8. The summed E-state index contributed by atoms with van der Waals surface area (Å²) in [6.07, 6.45) is 5.22. The number of methoxy groups -OCH3 is 1. The molecule has 2 N–H and O–H groups in total. The lowest BCUT2D eigenvalue weighted by Gasteiger charge is -2.13. The first-order chi connectivity index (χ1) is 12.7. The van der Waals surface area contributed by atoms with Crippen LogP contribution in [0.25, 0.3) is 0 Å². The minimum absolute atomic E-state index is 0.0159. The van der Waals surface area contributed by atoms with Gasteiger partial charge in [0.25, 0.3) is 5.91 Å². The van der Waals surface area contributed by atoms with E-state index < -0.39 is 0 Å². The number of nitrogens with one attached hydrogen (secondary N) is 2. The van der Waals surface area contributed by atoms with Crippen molar-refractivity contribution in [1.29, 1.82) is 0 Å². The van der Waals surface area contributed by atoms with Crippen molar-refractivity contribution in [2.45, 2.75) is 38.6 Å². The zero-order valence-corrected chi connectivity index (χ0v) is 16.6. The van der Waals surface area contributed by atoms with E-state index in [0.29, 0.717) is 19.7 Å². The second-order valence-electron chi connectivity index (χ2n) is 6.46. The summed E-state index contributed by atoms with van der Waals surface area (Å²) >= 11 is 7.98. The highest BCUT2D eigenvalue weighted by Gasteiger charge is 2.25. The van der Waals surface area contributed by atoms with Crippen LogP contribution in [-0.2, 0) is 24.1 Å². The van der Waals surface area contributed by atoms with E-state index in [-0.39, 0.29) is 5.91 Å².